The lowest BCUT2D eigenvalue weighted by atomic mass is 9.43. The minimum atomic E-state index is 0.00972. The van der Waals surface area contributed by atoms with E-state index in [1.54, 1.807) is 6.20 Å². The number of rotatable bonds is 2. The topological polar surface area (TPSA) is 52.8 Å². The van der Waals surface area contributed by atoms with Gasteiger partial charge in [0.15, 0.2) is 0 Å². The molecule has 176 valence electrons. The second kappa shape index (κ2) is 7.57. The van der Waals surface area contributed by atoms with Crippen LogP contribution in [0, 0.1) is 0 Å². The highest BCUT2D eigenvalue weighted by Crippen LogP contribution is 2.46. The second-order valence-corrected chi connectivity index (χ2v) is 9.70. The average Bonchev–Trinajstić information content (AvgIpc) is 3.65. The highest BCUT2D eigenvalue weighted by atomic mass is 15.6. The van der Waals surface area contributed by atoms with Gasteiger partial charge >= 0.3 is 6.85 Å². The van der Waals surface area contributed by atoms with E-state index in [0.29, 0.717) is 0 Å². The number of benzene rings is 4. The van der Waals surface area contributed by atoms with Gasteiger partial charge in [-0.3, -0.25) is 5.01 Å². The Balaban J connectivity index is 1.42. The van der Waals surface area contributed by atoms with Gasteiger partial charge in [-0.05, 0) is 58.5 Å². The summed E-state index contributed by atoms with van der Waals surface area (Å²) in [6.45, 7) is 0.745. The number of hydrogen-bond acceptors (Lipinski definition) is 6. The summed E-state index contributed by atoms with van der Waals surface area (Å²) in [6, 6.07) is 30.9. The van der Waals surface area contributed by atoms with Gasteiger partial charge in [-0.2, -0.15) is 5.10 Å². The zero-order valence-electron chi connectivity index (χ0n) is 20.2. The first kappa shape index (κ1) is 20.4. The van der Waals surface area contributed by atoms with Crippen molar-refractivity contribution in [3.63, 3.8) is 0 Å². The molecule has 4 heterocycles. The van der Waals surface area contributed by atoms with Crippen molar-refractivity contribution in [2.75, 3.05) is 23.4 Å². The van der Waals surface area contributed by atoms with Gasteiger partial charge in [-0.25, -0.2) is 4.68 Å². The summed E-state index contributed by atoms with van der Waals surface area (Å²) in [5, 5.41) is 14.7. The molecule has 0 spiro atoms. The molecule has 8 rings (SSSR count). The van der Waals surface area contributed by atoms with Crippen LogP contribution in [0.25, 0.3) is 27.9 Å². The summed E-state index contributed by atoms with van der Waals surface area (Å²) in [6.07, 6.45) is 5.51. The van der Waals surface area contributed by atoms with Gasteiger partial charge in [0.2, 0.25) is 0 Å². The van der Waals surface area contributed by atoms with Crippen molar-refractivity contribution in [1.29, 1.82) is 0 Å². The van der Waals surface area contributed by atoms with Crippen molar-refractivity contribution in [2.24, 2.45) is 5.10 Å². The van der Waals surface area contributed by atoms with Crippen LogP contribution in [0.4, 0.5) is 17.1 Å². The lowest BCUT2D eigenvalue weighted by molar-refractivity contribution is 0.393. The quantitative estimate of drug-likeness (QED) is 0.361. The van der Waals surface area contributed by atoms with E-state index in [4.69, 9.17) is 0 Å². The zero-order chi connectivity index (χ0) is 24.5. The SMILES string of the molecule is CN1CN(c2ccc3c(c2)B2c4cc(-n5ccnn5)ccc4-c4ccccc4N2c2ccccc2-3)C=N1. The van der Waals surface area contributed by atoms with Gasteiger partial charge in [-0.15, -0.1) is 5.10 Å². The van der Waals surface area contributed by atoms with Crippen molar-refractivity contribution in [3.05, 3.63) is 97.3 Å². The van der Waals surface area contributed by atoms with Gasteiger partial charge in [0, 0.05) is 35.2 Å². The Morgan fingerprint density at radius 3 is 2.00 bits per heavy atom. The predicted molar refractivity (Wildman–Crippen MR) is 149 cm³/mol. The summed E-state index contributed by atoms with van der Waals surface area (Å²) < 4.78 is 1.83. The Bertz CT molecular complexity index is 1710. The molecule has 0 atom stereocenters. The van der Waals surface area contributed by atoms with Gasteiger partial charge < -0.3 is 9.71 Å². The van der Waals surface area contributed by atoms with Gasteiger partial charge in [0.05, 0.1) is 18.1 Å². The fraction of sp³-hybridized carbons (Fsp3) is 0.0690. The number of aromatic nitrogens is 3. The molecular formula is C29H22BN7. The highest BCUT2D eigenvalue weighted by molar-refractivity contribution is 6.92. The molecule has 0 N–H and O–H groups in total. The molecule has 0 unspecified atom stereocenters. The Kier molecular flexibility index (Phi) is 4.17. The van der Waals surface area contributed by atoms with Crippen LogP contribution in [0.3, 0.4) is 0 Å². The first-order valence-corrected chi connectivity index (χ1v) is 12.4. The Hall–Kier alpha value is -4.85. The van der Waals surface area contributed by atoms with Gasteiger partial charge in [-0.1, -0.05) is 53.7 Å². The van der Waals surface area contributed by atoms with Crippen LogP contribution in [0.15, 0.2) is 102 Å². The van der Waals surface area contributed by atoms with Crippen LogP contribution in [-0.2, 0) is 0 Å². The molecule has 0 amide bonds. The van der Waals surface area contributed by atoms with Crippen molar-refractivity contribution >= 4 is 41.2 Å². The van der Waals surface area contributed by atoms with Crippen molar-refractivity contribution in [2.45, 2.75) is 0 Å². The van der Waals surface area contributed by atoms with Gasteiger partial charge in [0.1, 0.15) is 13.0 Å². The molecular weight excluding hydrogens is 457 g/mol. The molecule has 3 aliphatic heterocycles. The molecule has 5 aromatic rings. The molecule has 3 aliphatic rings. The van der Waals surface area contributed by atoms with E-state index in [2.05, 4.69) is 110 Å². The van der Waals surface area contributed by atoms with Crippen molar-refractivity contribution in [1.82, 2.24) is 20.0 Å². The van der Waals surface area contributed by atoms with E-state index >= 15 is 0 Å². The van der Waals surface area contributed by atoms with E-state index < -0.39 is 0 Å². The third-order valence-electron chi connectivity index (χ3n) is 7.59. The van der Waals surface area contributed by atoms with Crippen LogP contribution < -0.4 is 20.6 Å². The maximum atomic E-state index is 4.44. The van der Waals surface area contributed by atoms with E-state index in [1.807, 2.05) is 29.3 Å². The largest absolute Gasteiger partial charge is 0.376 e. The van der Waals surface area contributed by atoms with E-state index in [0.717, 1.165) is 18.0 Å². The number of nitrogens with zero attached hydrogens (tertiary/aromatic N) is 7. The van der Waals surface area contributed by atoms with E-state index in [9.17, 15) is 0 Å². The van der Waals surface area contributed by atoms with Crippen molar-refractivity contribution < 1.29 is 0 Å². The van der Waals surface area contributed by atoms with Crippen molar-refractivity contribution in [3.8, 4) is 27.9 Å². The number of anilines is 3. The van der Waals surface area contributed by atoms with E-state index in [-0.39, 0.29) is 6.85 Å². The molecule has 0 radical (unpaired) electrons. The third kappa shape index (κ3) is 2.92. The lowest BCUT2D eigenvalue weighted by Gasteiger charge is -2.43. The standard InChI is InChI=1S/C29H22BN7/c1-34-19-35(18-32-34)20-10-12-22-24-6-2-4-8-28(24)37-29-9-5-3-7-25(29)23-13-11-21(36-15-14-31-33-36)17-27(23)30(37)26(22)16-20/h2-18H,19H2,1H3. The number of para-hydroxylation sites is 2. The molecule has 0 saturated heterocycles. The highest BCUT2D eigenvalue weighted by Gasteiger charge is 2.42. The summed E-state index contributed by atoms with van der Waals surface area (Å²) in [5.74, 6) is 0. The third-order valence-corrected chi connectivity index (χ3v) is 7.59. The van der Waals surface area contributed by atoms with Crippen LogP contribution in [0.5, 0.6) is 0 Å². The Labute approximate surface area is 215 Å². The molecule has 1 aromatic heterocycles. The molecule has 0 saturated carbocycles. The Morgan fingerprint density at radius 1 is 0.730 bits per heavy atom. The fourth-order valence-corrected chi connectivity index (χ4v) is 5.98. The molecule has 37 heavy (non-hydrogen) atoms. The van der Waals surface area contributed by atoms with Crippen LogP contribution in [0.2, 0.25) is 0 Å². The summed E-state index contributed by atoms with van der Waals surface area (Å²) >= 11 is 0. The lowest BCUT2D eigenvalue weighted by Crippen LogP contribution is -2.59. The van der Waals surface area contributed by atoms with Crippen LogP contribution in [-0.4, -0.2) is 46.9 Å². The summed E-state index contributed by atoms with van der Waals surface area (Å²) in [5.41, 5.74) is 12.1. The smallest absolute Gasteiger partial charge is 0.329 e. The minimum Gasteiger partial charge on any atom is -0.376 e. The average molecular weight is 479 g/mol. The molecule has 4 aromatic carbocycles. The monoisotopic (exact) mass is 479 g/mol. The number of hydrogen-bond donors (Lipinski definition) is 0. The van der Waals surface area contributed by atoms with E-state index in [1.165, 1.54) is 44.6 Å². The number of hydrazone groups is 1. The van der Waals surface area contributed by atoms with Crippen LogP contribution in [0.1, 0.15) is 0 Å². The van der Waals surface area contributed by atoms with Crippen LogP contribution >= 0.6 is 0 Å². The summed E-state index contributed by atoms with van der Waals surface area (Å²) in [4.78, 5) is 4.70. The normalized spacial score (nSPS) is 14.7. The number of fused-ring (bicyclic) bond motifs is 11. The molecule has 7 nitrogen and oxygen atoms in total. The molecule has 0 bridgehead atoms. The maximum Gasteiger partial charge on any atom is 0.329 e. The summed E-state index contributed by atoms with van der Waals surface area (Å²) in [7, 11) is 1.99. The maximum absolute atomic E-state index is 4.44. The minimum absolute atomic E-state index is 0.00972. The second-order valence-electron chi connectivity index (χ2n) is 9.70. The Morgan fingerprint density at radius 2 is 1.38 bits per heavy atom. The predicted octanol–water partition coefficient (Wildman–Crippen LogP) is 3.82. The molecule has 0 aliphatic carbocycles. The fourth-order valence-electron chi connectivity index (χ4n) is 5.98. The molecule has 8 heteroatoms. The first-order valence-electron chi connectivity index (χ1n) is 12.4. The zero-order valence-corrected chi connectivity index (χ0v) is 20.2. The first-order chi connectivity index (χ1) is 18.3. The molecule has 0 fully saturated rings. The van der Waals surface area contributed by atoms with Gasteiger partial charge in [0.25, 0.3) is 0 Å².